The van der Waals surface area contributed by atoms with Crippen molar-refractivity contribution in [3.63, 3.8) is 0 Å². The van der Waals surface area contributed by atoms with Gasteiger partial charge in [0.25, 0.3) is 0 Å². The third-order valence-electron chi connectivity index (χ3n) is 3.03. The van der Waals surface area contributed by atoms with E-state index in [0.717, 1.165) is 11.1 Å². The van der Waals surface area contributed by atoms with Crippen LogP contribution in [0.25, 0.3) is 0 Å². The lowest BCUT2D eigenvalue weighted by Gasteiger charge is -2.12. The van der Waals surface area contributed by atoms with Gasteiger partial charge in [0.05, 0.1) is 17.7 Å². The molecule has 0 aliphatic heterocycles. The molecule has 0 bridgehead atoms. The molecule has 4 nitrogen and oxygen atoms in total. The molecule has 0 saturated carbocycles. The molecule has 0 unspecified atom stereocenters. The van der Waals surface area contributed by atoms with Gasteiger partial charge in [-0.25, -0.2) is 4.79 Å². The first-order valence-corrected chi connectivity index (χ1v) is 6.81. The number of benzene rings is 2. The topological polar surface area (TPSA) is 61.5 Å². The lowest BCUT2D eigenvalue weighted by atomic mass is 10.1. The van der Waals surface area contributed by atoms with Crippen LogP contribution in [0.4, 0.5) is 0 Å². The minimum absolute atomic E-state index is 0.345. The average Bonchev–Trinajstić information content (AvgIpc) is 2.53. The van der Waals surface area contributed by atoms with Crippen molar-refractivity contribution in [2.45, 2.75) is 13.2 Å². The lowest BCUT2D eigenvalue weighted by Crippen LogP contribution is -2.04. The number of ether oxygens (including phenoxy) is 2. The zero-order chi connectivity index (χ0) is 15.2. The summed E-state index contributed by atoms with van der Waals surface area (Å²) < 4.78 is 10.4. The van der Waals surface area contributed by atoms with Gasteiger partial charge in [0, 0.05) is 12.1 Å². The Bertz CT molecular complexity index is 626. The Morgan fingerprint density at radius 2 is 1.90 bits per heavy atom. The SMILES string of the molecule is COC(=O)c1ccc(COc2c(Cl)cccc2CN)cc1. The number of rotatable bonds is 5. The second kappa shape index (κ2) is 7.11. The second-order valence-corrected chi connectivity index (χ2v) is 4.82. The largest absolute Gasteiger partial charge is 0.487 e. The molecule has 5 heteroatoms. The molecule has 2 aromatic rings. The van der Waals surface area contributed by atoms with Gasteiger partial charge < -0.3 is 15.2 Å². The van der Waals surface area contributed by atoms with Gasteiger partial charge in [-0.05, 0) is 23.8 Å². The highest BCUT2D eigenvalue weighted by Gasteiger charge is 2.08. The van der Waals surface area contributed by atoms with Crippen molar-refractivity contribution in [3.05, 3.63) is 64.2 Å². The molecule has 0 aliphatic rings. The first kappa shape index (κ1) is 15.4. The van der Waals surface area contributed by atoms with Crippen LogP contribution in [0.3, 0.4) is 0 Å². The van der Waals surface area contributed by atoms with Crippen LogP contribution in [0.5, 0.6) is 5.75 Å². The van der Waals surface area contributed by atoms with Crippen molar-refractivity contribution in [1.29, 1.82) is 0 Å². The van der Waals surface area contributed by atoms with E-state index in [0.29, 0.717) is 29.5 Å². The number of halogens is 1. The van der Waals surface area contributed by atoms with Gasteiger partial charge in [-0.3, -0.25) is 0 Å². The van der Waals surface area contributed by atoms with Crippen LogP contribution < -0.4 is 10.5 Å². The van der Waals surface area contributed by atoms with E-state index in [-0.39, 0.29) is 5.97 Å². The smallest absolute Gasteiger partial charge is 0.337 e. The number of nitrogens with two attached hydrogens (primary N) is 1. The minimum atomic E-state index is -0.362. The van der Waals surface area contributed by atoms with Crippen molar-refractivity contribution in [1.82, 2.24) is 0 Å². The third kappa shape index (κ3) is 3.74. The monoisotopic (exact) mass is 305 g/mol. The Labute approximate surface area is 128 Å². The Hall–Kier alpha value is -2.04. The van der Waals surface area contributed by atoms with Gasteiger partial charge in [-0.1, -0.05) is 35.9 Å². The van der Waals surface area contributed by atoms with E-state index in [4.69, 9.17) is 22.1 Å². The summed E-state index contributed by atoms with van der Waals surface area (Å²) in [4.78, 5) is 11.3. The average molecular weight is 306 g/mol. The molecule has 2 rings (SSSR count). The zero-order valence-corrected chi connectivity index (χ0v) is 12.4. The van der Waals surface area contributed by atoms with E-state index in [1.54, 1.807) is 18.2 Å². The molecule has 21 heavy (non-hydrogen) atoms. The number of esters is 1. The summed E-state index contributed by atoms with van der Waals surface area (Å²) in [5.74, 6) is 0.234. The molecule has 2 N–H and O–H groups in total. The maximum absolute atomic E-state index is 11.3. The Kier molecular flexibility index (Phi) is 5.20. The third-order valence-corrected chi connectivity index (χ3v) is 3.32. The quantitative estimate of drug-likeness (QED) is 0.862. The molecule has 0 aromatic heterocycles. The maximum atomic E-state index is 11.3. The Morgan fingerprint density at radius 1 is 1.19 bits per heavy atom. The maximum Gasteiger partial charge on any atom is 0.337 e. The molecule has 110 valence electrons. The molecule has 0 atom stereocenters. The summed E-state index contributed by atoms with van der Waals surface area (Å²) >= 11 is 6.12. The normalized spacial score (nSPS) is 10.2. The molecular formula is C16H16ClNO3. The van der Waals surface area contributed by atoms with Crippen LogP contribution in [0.2, 0.25) is 5.02 Å². The molecule has 0 radical (unpaired) electrons. The summed E-state index contributed by atoms with van der Waals surface area (Å²) in [6, 6.07) is 12.5. The van der Waals surface area contributed by atoms with Crippen LogP contribution >= 0.6 is 11.6 Å². The van der Waals surface area contributed by atoms with Crippen molar-refractivity contribution < 1.29 is 14.3 Å². The van der Waals surface area contributed by atoms with Crippen LogP contribution in [0, 0.1) is 0 Å². The van der Waals surface area contributed by atoms with Gasteiger partial charge in [0.15, 0.2) is 0 Å². The number of carbonyl (C=O) groups excluding carboxylic acids is 1. The Balaban J connectivity index is 2.08. The highest BCUT2D eigenvalue weighted by atomic mass is 35.5. The number of hydrogen-bond acceptors (Lipinski definition) is 4. The summed E-state index contributed by atoms with van der Waals surface area (Å²) in [5.41, 5.74) is 7.95. The Morgan fingerprint density at radius 3 is 2.52 bits per heavy atom. The molecule has 0 amide bonds. The van der Waals surface area contributed by atoms with E-state index >= 15 is 0 Å². The fourth-order valence-electron chi connectivity index (χ4n) is 1.89. The number of methoxy groups -OCH3 is 1. The highest BCUT2D eigenvalue weighted by molar-refractivity contribution is 6.32. The van der Waals surface area contributed by atoms with Crippen LogP contribution in [-0.4, -0.2) is 13.1 Å². The van der Waals surface area contributed by atoms with Gasteiger partial charge in [0.1, 0.15) is 12.4 Å². The number of carbonyl (C=O) groups is 1. The summed E-state index contributed by atoms with van der Waals surface area (Å²) in [6.07, 6.45) is 0. The fraction of sp³-hybridized carbons (Fsp3) is 0.188. The summed E-state index contributed by atoms with van der Waals surface area (Å²) in [5, 5.41) is 0.532. The predicted octanol–water partition coefficient (Wildman–Crippen LogP) is 3.16. The zero-order valence-electron chi connectivity index (χ0n) is 11.6. The van der Waals surface area contributed by atoms with Crippen LogP contribution in [0.15, 0.2) is 42.5 Å². The standard InChI is InChI=1S/C16H16ClNO3/c1-20-16(19)12-7-5-11(6-8-12)10-21-15-13(9-18)3-2-4-14(15)17/h2-8H,9-10,18H2,1H3. The van der Waals surface area contributed by atoms with Gasteiger partial charge >= 0.3 is 5.97 Å². The molecular weight excluding hydrogens is 290 g/mol. The van der Waals surface area contributed by atoms with E-state index in [1.807, 2.05) is 24.3 Å². The molecule has 2 aromatic carbocycles. The lowest BCUT2D eigenvalue weighted by molar-refractivity contribution is 0.0600. The number of hydrogen-bond donors (Lipinski definition) is 1. The minimum Gasteiger partial charge on any atom is -0.487 e. The van der Waals surface area contributed by atoms with E-state index in [9.17, 15) is 4.79 Å². The molecule has 0 spiro atoms. The van der Waals surface area contributed by atoms with Gasteiger partial charge in [-0.15, -0.1) is 0 Å². The van der Waals surface area contributed by atoms with Crippen molar-refractivity contribution in [2.24, 2.45) is 5.73 Å². The van der Waals surface area contributed by atoms with Crippen molar-refractivity contribution >= 4 is 17.6 Å². The highest BCUT2D eigenvalue weighted by Crippen LogP contribution is 2.29. The van der Waals surface area contributed by atoms with E-state index in [1.165, 1.54) is 7.11 Å². The van der Waals surface area contributed by atoms with Crippen LogP contribution in [0.1, 0.15) is 21.5 Å². The summed E-state index contributed by atoms with van der Waals surface area (Å²) in [7, 11) is 1.35. The van der Waals surface area contributed by atoms with Crippen LogP contribution in [-0.2, 0) is 17.9 Å². The summed E-state index contributed by atoms with van der Waals surface area (Å²) in [6.45, 7) is 0.704. The van der Waals surface area contributed by atoms with Gasteiger partial charge in [0.2, 0.25) is 0 Å². The predicted molar refractivity (Wildman–Crippen MR) is 81.5 cm³/mol. The molecule has 0 saturated heterocycles. The molecule has 0 fully saturated rings. The number of para-hydroxylation sites is 1. The van der Waals surface area contributed by atoms with Gasteiger partial charge in [-0.2, -0.15) is 0 Å². The second-order valence-electron chi connectivity index (χ2n) is 4.41. The fourth-order valence-corrected chi connectivity index (χ4v) is 2.13. The molecule has 0 aliphatic carbocycles. The molecule has 0 heterocycles. The first-order valence-electron chi connectivity index (χ1n) is 6.43. The van der Waals surface area contributed by atoms with Crippen molar-refractivity contribution in [2.75, 3.05) is 7.11 Å². The van der Waals surface area contributed by atoms with Crippen molar-refractivity contribution in [3.8, 4) is 5.75 Å². The first-order chi connectivity index (χ1) is 10.2. The van der Waals surface area contributed by atoms with E-state index in [2.05, 4.69) is 4.74 Å². The van der Waals surface area contributed by atoms with E-state index < -0.39 is 0 Å².